The highest BCUT2D eigenvalue weighted by molar-refractivity contribution is 7.81. The molecule has 5 heterocycles. The van der Waals surface area contributed by atoms with Crippen molar-refractivity contribution in [1.82, 2.24) is 0 Å². The first-order valence-corrected chi connectivity index (χ1v) is 33.3. The molecular formula is C54H84O31S3. The molecule has 3 saturated carbocycles. The number of carbonyl (C=O) groups is 2. The van der Waals surface area contributed by atoms with Gasteiger partial charge >= 0.3 is 37.2 Å². The molecule has 0 bridgehead atoms. The zero-order chi connectivity index (χ0) is 65.0. The molecule has 27 atom stereocenters. The Morgan fingerprint density at radius 3 is 1.83 bits per heavy atom. The number of cyclic esters (lactones) is 1. The van der Waals surface area contributed by atoms with Crippen molar-refractivity contribution < 1.29 is 144 Å². The van der Waals surface area contributed by atoms with Crippen molar-refractivity contribution in [2.24, 2.45) is 39.4 Å². The summed E-state index contributed by atoms with van der Waals surface area (Å²) in [6.07, 6.45) is -30.3. The van der Waals surface area contributed by atoms with E-state index in [0.29, 0.717) is 38.5 Å². The van der Waals surface area contributed by atoms with Gasteiger partial charge in [-0.1, -0.05) is 44.9 Å². The zero-order valence-corrected chi connectivity index (χ0v) is 52.3. The van der Waals surface area contributed by atoms with Crippen LogP contribution in [-0.2, 0) is 101 Å². The van der Waals surface area contributed by atoms with E-state index in [1.54, 1.807) is 0 Å². The van der Waals surface area contributed by atoms with Crippen LogP contribution in [0.3, 0.4) is 0 Å². The fourth-order valence-electron chi connectivity index (χ4n) is 16.3. The number of aliphatic hydroxyl groups is 7. The Morgan fingerprint density at radius 1 is 0.682 bits per heavy atom. The molecule has 34 heteroatoms. The van der Waals surface area contributed by atoms with Crippen LogP contribution in [0.2, 0.25) is 0 Å². The van der Waals surface area contributed by atoms with Gasteiger partial charge in [0.2, 0.25) is 0 Å². The first kappa shape index (κ1) is 69.9. The summed E-state index contributed by atoms with van der Waals surface area (Å²) < 4.78 is 171. The summed E-state index contributed by atoms with van der Waals surface area (Å²) >= 11 is 0. The summed E-state index contributed by atoms with van der Waals surface area (Å²) in [5.74, 6) is -0.993. The largest absolute Gasteiger partial charge is 0.458 e. The SMILES string of the molecule is C=C(C)CCC[C@]1(C)OC(=O)[C@]23CC[C@H]4C(=CC[C@H]5C(C)(C)[C@@H](O[C@@H]6OC[C@@H](OS(=O)(=O)O)[C@H](O)[C@H]6O[C@@H]6O[C@H](C)[C@@H](O[C@@H]7O[C@H](COS(=O)(=O)O)[C@@H](O)[C@H](O[C@@H]8O[C@H](COS(=O)(=O)O)[C@@H](O)[C@H](OC)[C@H]8O)[C@H]7O)[C@H](O)[C@H]6O)CC[C@]45C)[C@]2(C)CC(=O)[C@@H]31. The smallest absolute Gasteiger partial charge is 0.397 e. The van der Waals surface area contributed by atoms with Gasteiger partial charge in [0.25, 0.3) is 0 Å². The van der Waals surface area contributed by atoms with Crippen molar-refractivity contribution in [2.75, 3.05) is 26.9 Å². The van der Waals surface area contributed by atoms with E-state index in [4.69, 9.17) is 56.1 Å². The summed E-state index contributed by atoms with van der Waals surface area (Å²) in [6.45, 7) is 14.5. The van der Waals surface area contributed by atoms with Gasteiger partial charge in [-0.2, -0.15) is 25.3 Å². The van der Waals surface area contributed by atoms with Crippen LogP contribution in [0.25, 0.3) is 0 Å². The molecule has 0 aromatic carbocycles. The molecule has 0 radical (unpaired) electrons. The van der Waals surface area contributed by atoms with Gasteiger partial charge in [-0.15, -0.1) is 6.58 Å². The maximum atomic E-state index is 14.4. The molecule has 0 amide bonds. The first-order chi connectivity index (χ1) is 40.7. The molecule has 5 aliphatic heterocycles. The first-order valence-electron chi connectivity index (χ1n) is 29.2. The molecule has 4 aliphatic carbocycles. The number of allylic oxidation sites excluding steroid dienone is 3. The normalized spacial score (nSPS) is 47.1. The summed E-state index contributed by atoms with van der Waals surface area (Å²) in [4.78, 5) is 28.8. The van der Waals surface area contributed by atoms with Crippen LogP contribution in [0, 0.1) is 39.4 Å². The quantitative estimate of drug-likeness (QED) is 0.0385. The number of fused-ring (bicyclic) bond motifs is 4. The van der Waals surface area contributed by atoms with Gasteiger partial charge in [-0.25, -0.2) is 12.5 Å². The fraction of sp³-hybridized carbons (Fsp3) is 0.889. The van der Waals surface area contributed by atoms with Gasteiger partial charge in [0, 0.05) is 18.9 Å². The third-order valence-corrected chi connectivity index (χ3v) is 21.9. The maximum Gasteiger partial charge on any atom is 0.397 e. The average molecular weight is 1330 g/mol. The van der Waals surface area contributed by atoms with E-state index >= 15 is 0 Å². The van der Waals surface area contributed by atoms with E-state index in [-0.39, 0.29) is 35.4 Å². The second-order valence-corrected chi connectivity index (χ2v) is 29.6. The lowest BCUT2D eigenvalue weighted by atomic mass is 9.41. The maximum absolute atomic E-state index is 14.4. The number of aliphatic hydroxyl groups excluding tert-OH is 7. The van der Waals surface area contributed by atoms with E-state index in [1.807, 2.05) is 27.7 Å². The topological polar surface area (TPSA) is 459 Å². The van der Waals surface area contributed by atoms with Crippen LogP contribution in [0.15, 0.2) is 23.8 Å². The van der Waals surface area contributed by atoms with Crippen LogP contribution >= 0.6 is 0 Å². The monoisotopic (exact) mass is 1320 g/mol. The van der Waals surface area contributed by atoms with Gasteiger partial charge in [0.1, 0.15) is 96.8 Å². The second-order valence-electron chi connectivity index (χ2n) is 26.3. The van der Waals surface area contributed by atoms with Crippen LogP contribution in [0.5, 0.6) is 0 Å². The number of hydrogen-bond donors (Lipinski definition) is 10. The van der Waals surface area contributed by atoms with Gasteiger partial charge in [-0.05, 0) is 94.8 Å². The molecule has 504 valence electrons. The van der Waals surface area contributed by atoms with Gasteiger partial charge in [-0.3, -0.25) is 23.2 Å². The Bertz CT molecular complexity index is 2970. The minimum absolute atomic E-state index is 0.0242. The summed E-state index contributed by atoms with van der Waals surface area (Å²) in [5.41, 5.74) is -1.74. The number of Topliss-reactive ketones (excluding diaryl/α,β-unsaturated/α-hetero) is 1. The van der Waals surface area contributed by atoms with Crippen molar-refractivity contribution in [3.63, 3.8) is 0 Å². The minimum Gasteiger partial charge on any atom is -0.458 e. The highest BCUT2D eigenvalue weighted by Crippen LogP contribution is 2.75. The lowest BCUT2D eigenvalue weighted by Gasteiger charge is -2.63. The lowest BCUT2D eigenvalue weighted by molar-refractivity contribution is -0.389. The molecule has 0 aromatic heterocycles. The third kappa shape index (κ3) is 13.1. The predicted molar refractivity (Wildman–Crippen MR) is 292 cm³/mol. The van der Waals surface area contributed by atoms with Crippen molar-refractivity contribution in [3.8, 4) is 0 Å². The Kier molecular flexibility index (Phi) is 20.2. The standard InChI is InChI=1S/C54H84O31S3/c1-23(2)11-10-16-53(8)44-27(55)19-52(7)26-12-13-31-50(4,5)32(15-17-51(31,6)25(26)14-18-54(44,52)49(63)84-53)80-48-43(35(58)30(20-74-48)85-88(70,71)72)83-45-37(60)36(59)40(24(3)77-45)81-47-39(62)42(34(57)29(79-47)22-76-87(67,68)69)82-46-38(61)41(73-9)33(56)28(78-46)21-75-86(64,65)66/h12,24-25,28-48,56-62H,1,10-11,13-22H2,2-9H3,(H,64,65,66)(H,67,68,69)(H,70,71,72)/t24-,25+,28-,29-,30-,31+,32+,33-,34-,35+,36-,37-,38-,39-,40-,41+,42+,43-,44-,45+,46+,47+,48+,51-,52+,53+,54-/m1/s1. The van der Waals surface area contributed by atoms with Crippen LogP contribution in [0.4, 0.5) is 0 Å². The fourth-order valence-corrected chi connectivity index (χ4v) is 17.4. The molecule has 10 N–H and O–H groups in total. The number of rotatable bonds is 21. The second kappa shape index (κ2) is 25.4. The Labute approximate surface area is 510 Å². The van der Waals surface area contributed by atoms with Gasteiger partial charge < -0.3 is 83.1 Å². The van der Waals surface area contributed by atoms with Crippen LogP contribution in [-0.4, -0.2) is 242 Å². The number of carbonyl (C=O) groups excluding carboxylic acids is 2. The average Bonchev–Trinajstić information content (AvgIpc) is 1.44. The van der Waals surface area contributed by atoms with E-state index in [2.05, 4.69) is 34.9 Å². The van der Waals surface area contributed by atoms with Gasteiger partial charge in [0.05, 0.1) is 43.4 Å². The third-order valence-electron chi connectivity index (χ3n) is 20.5. The number of ether oxygens (including phenoxy) is 10. The van der Waals surface area contributed by atoms with E-state index < -0.39 is 202 Å². The molecule has 9 aliphatic rings. The minimum atomic E-state index is -5.25. The van der Waals surface area contributed by atoms with E-state index in [1.165, 1.54) is 6.92 Å². The van der Waals surface area contributed by atoms with Gasteiger partial charge in [0.15, 0.2) is 25.2 Å². The van der Waals surface area contributed by atoms with Crippen molar-refractivity contribution in [3.05, 3.63) is 23.8 Å². The Hall–Kier alpha value is -2.41. The summed E-state index contributed by atoms with van der Waals surface area (Å²) in [6, 6.07) is 0. The van der Waals surface area contributed by atoms with Crippen molar-refractivity contribution in [1.29, 1.82) is 0 Å². The number of ketones is 1. The molecule has 8 fully saturated rings. The van der Waals surface area contributed by atoms with E-state index in [0.717, 1.165) is 31.1 Å². The van der Waals surface area contributed by atoms with Crippen LogP contribution in [0.1, 0.15) is 106 Å². The Balaban J connectivity index is 0.916. The van der Waals surface area contributed by atoms with Crippen molar-refractivity contribution in [2.45, 2.75) is 235 Å². The molecule has 0 unspecified atom stereocenters. The highest BCUT2D eigenvalue weighted by Gasteiger charge is 2.79. The lowest BCUT2D eigenvalue weighted by Crippen LogP contribution is -2.67. The summed E-state index contributed by atoms with van der Waals surface area (Å²) in [5, 5.41) is 80.2. The van der Waals surface area contributed by atoms with Crippen molar-refractivity contribution >= 4 is 42.9 Å². The highest BCUT2D eigenvalue weighted by atomic mass is 32.3. The van der Waals surface area contributed by atoms with Crippen LogP contribution < -0.4 is 0 Å². The summed E-state index contributed by atoms with van der Waals surface area (Å²) in [7, 11) is -14.6. The molecular weight excluding hydrogens is 1240 g/mol. The number of hydrogen-bond acceptors (Lipinski definition) is 28. The number of esters is 1. The van der Waals surface area contributed by atoms with E-state index in [9.17, 15) is 79.7 Å². The molecule has 0 aromatic rings. The molecule has 31 nitrogen and oxygen atoms in total. The molecule has 1 spiro atoms. The molecule has 9 rings (SSSR count). The predicted octanol–water partition coefficient (Wildman–Crippen LogP) is -0.728. The Morgan fingerprint density at radius 2 is 1.25 bits per heavy atom. The number of methoxy groups -OCH3 is 1. The molecule has 88 heavy (non-hydrogen) atoms. The molecule has 5 saturated heterocycles. The zero-order valence-electron chi connectivity index (χ0n) is 49.8.